The van der Waals surface area contributed by atoms with Gasteiger partial charge in [-0.25, -0.2) is 8.42 Å². The lowest BCUT2D eigenvalue weighted by atomic mass is 9.87. The molecule has 0 spiro atoms. The van der Waals surface area contributed by atoms with Crippen LogP contribution in [0.15, 0.2) is 77.7 Å². The predicted molar refractivity (Wildman–Crippen MR) is 137 cm³/mol. The van der Waals surface area contributed by atoms with Gasteiger partial charge in [0.15, 0.2) is 0 Å². The first kappa shape index (κ1) is 24.9. The van der Waals surface area contributed by atoms with Crippen molar-refractivity contribution in [3.05, 3.63) is 95.1 Å². The minimum absolute atomic E-state index is 0.104. The van der Waals surface area contributed by atoms with E-state index in [2.05, 4.69) is 16.1 Å². The molecular formula is C28H32N2O4S. The summed E-state index contributed by atoms with van der Waals surface area (Å²) in [4.78, 5) is 13.6. The topological polar surface area (TPSA) is 84.5 Å². The Morgan fingerprint density at radius 1 is 1.06 bits per heavy atom. The number of hydrogen-bond acceptors (Lipinski definition) is 4. The van der Waals surface area contributed by atoms with Crippen molar-refractivity contribution in [2.24, 2.45) is 0 Å². The summed E-state index contributed by atoms with van der Waals surface area (Å²) in [6.45, 7) is 4.18. The normalized spacial score (nSPS) is 16.2. The van der Waals surface area contributed by atoms with Crippen molar-refractivity contribution in [2.75, 3.05) is 6.61 Å². The van der Waals surface area contributed by atoms with Gasteiger partial charge in [0.25, 0.3) is 0 Å². The monoisotopic (exact) mass is 492 g/mol. The molecule has 2 N–H and O–H groups in total. The molecule has 1 amide bonds. The SMILES string of the molecule is CCOc1ccc(S(=O)(=O)N[C@H](Cc2ccccc2)C(=O)N[C@@H]2CCCc3ccccc32)cc1C. The van der Waals surface area contributed by atoms with Crippen LogP contribution in [0.5, 0.6) is 5.75 Å². The Morgan fingerprint density at radius 2 is 1.80 bits per heavy atom. The number of aryl methyl sites for hydroxylation is 2. The van der Waals surface area contributed by atoms with E-state index >= 15 is 0 Å². The highest BCUT2D eigenvalue weighted by molar-refractivity contribution is 7.89. The van der Waals surface area contributed by atoms with Crippen LogP contribution in [0.25, 0.3) is 0 Å². The molecule has 1 aliphatic carbocycles. The number of benzene rings is 3. The van der Waals surface area contributed by atoms with Crippen LogP contribution in [0.1, 0.15) is 48.1 Å². The first-order chi connectivity index (χ1) is 16.9. The Labute approximate surface area is 207 Å². The zero-order valence-electron chi connectivity index (χ0n) is 20.2. The number of fused-ring (bicyclic) bond motifs is 1. The van der Waals surface area contributed by atoms with Gasteiger partial charge < -0.3 is 10.1 Å². The number of carbonyl (C=O) groups is 1. The number of hydrogen-bond donors (Lipinski definition) is 2. The van der Waals surface area contributed by atoms with Crippen LogP contribution < -0.4 is 14.8 Å². The largest absolute Gasteiger partial charge is 0.494 e. The molecular weight excluding hydrogens is 460 g/mol. The summed E-state index contributed by atoms with van der Waals surface area (Å²) in [6.07, 6.45) is 3.03. The molecule has 3 aromatic carbocycles. The van der Waals surface area contributed by atoms with Crippen molar-refractivity contribution in [2.45, 2.75) is 56.5 Å². The second-order valence-electron chi connectivity index (χ2n) is 8.88. The van der Waals surface area contributed by atoms with Gasteiger partial charge in [0, 0.05) is 0 Å². The van der Waals surface area contributed by atoms with Gasteiger partial charge in [-0.1, -0.05) is 54.6 Å². The smallest absolute Gasteiger partial charge is 0.241 e. The van der Waals surface area contributed by atoms with Crippen molar-refractivity contribution in [1.29, 1.82) is 0 Å². The molecule has 1 aliphatic rings. The van der Waals surface area contributed by atoms with Crippen LogP contribution in [0.3, 0.4) is 0 Å². The van der Waals surface area contributed by atoms with E-state index in [1.807, 2.05) is 55.5 Å². The van der Waals surface area contributed by atoms with Crippen LogP contribution in [0.2, 0.25) is 0 Å². The van der Waals surface area contributed by atoms with Gasteiger partial charge in [-0.05, 0) is 80.0 Å². The molecule has 4 rings (SSSR count). The number of amides is 1. The Balaban J connectivity index is 1.58. The summed E-state index contributed by atoms with van der Waals surface area (Å²) in [7, 11) is -3.95. The van der Waals surface area contributed by atoms with Crippen molar-refractivity contribution in [3.8, 4) is 5.75 Å². The third kappa shape index (κ3) is 6.10. The maximum atomic E-state index is 13.5. The first-order valence-electron chi connectivity index (χ1n) is 12.0. The summed E-state index contributed by atoms with van der Waals surface area (Å²) >= 11 is 0. The maximum Gasteiger partial charge on any atom is 0.241 e. The predicted octanol–water partition coefficient (Wildman–Crippen LogP) is 4.48. The molecule has 0 heterocycles. The molecule has 3 aromatic rings. The molecule has 0 aromatic heterocycles. The number of rotatable bonds is 9. The van der Waals surface area contributed by atoms with E-state index < -0.39 is 16.1 Å². The fourth-order valence-corrected chi connectivity index (χ4v) is 5.86. The summed E-state index contributed by atoms with van der Waals surface area (Å²) in [5, 5.41) is 3.12. The Morgan fingerprint density at radius 3 is 2.54 bits per heavy atom. The Kier molecular flexibility index (Phi) is 7.88. The van der Waals surface area contributed by atoms with E-state index in [-0.39, 0.29) is 23.3 Å². The van der Waals surface area contributed by atoms with Gasteiger partial charge in [0.2, 0.25) is 15.9 Å². The van der Waals surface area contributed by atoms with E-state index in [4.69, 9.17) is 4.74 Å². The maximum absolute atomic E-state index is 13.5. The van der Waals surface area contributed by atoms with Crippen LogP contribution in [-0.2, 0) is 27.7 Å². The van der Waals surface area contributed by atoms with Crippen molar-refractivity contribution in [1.82, 2.24) is 10.0 Å². The fraction of sp³-hybridized carbons (Fsp3) is 0.321. The minimum atomic E-state index is -3.95. The van der Waals surface area contributed by atoms with Crippen LogP contribution in [0, 0.1) is 6.92 Å². The number of ether oxygens (including phenoxy) is 1. The Hall–Kier alpha value is -3.16. The van der Waals surface area contributed by atoms with E-state index in [9.17, 15) is 13.2 Å². The third-order valence-corrected chi connectivity index (χ3v) is 7.81. The van der Waals surface area contributed by atoms with Gasteiger partial charge in [0.1, 0.15) is 11.8 Å². The highest BCUT2D eigenvalue weighted by atomic mass is 32.2. The molecule has 2 atom stereocenters. The van der Waals surface area contributed by atoms with Gasteiger partial charge in [0.05, 0.1) is 17.5 Å². The highest BCUT2D eigenvalue weighted by Gasteiger charge is 2.29. The average Bonchev–Trinajstić information content (AvgIpc) is 2.85. The molecule has 0 bridgehead atoms. The highest BCUT2D eigenvalue weighted by Crippen LogP contribution is 2.29. The van der Waals surface area contributed by atoms with Crippen LogP contribution >= 0.6 is 0 Å². The average molecular weight is 493 g/mol. The summed E-state index contributed by atoms with van der Waals surface area (Å²) in [5.74, 6) is 0.308. The molecule has 184 valence electrons. The van der Waals surface area contributed by atoms with E-state index in [1.54, 1.807) is 19.1 Å². The third-order valence-electron chi connectivity index (χ3n) is 6.34. The van der Waals surface area contributed by atoms with Crippen LogP contribution in [-0.4, -0.2) is 27.0 Å². The molecule has 7 heteroatoms. The summed E-state index contributed by atoms with van der Waals surface area (Å²) in [5.41, 5.74) is 3.93. The quantitative estimate of drug-likeness (QED) is 0.461. The Bertz CT molecular complexity index is 1280. The van der Waals surface area contributed by atoms with Crippen molar-refractivity contribution in [3.63, 3.8) is 0 Å². The van der Waals surface area contributed by atoms with E-state index in [0.717, 1.165) is 36.0 Å². The zero-order chi connectivity index (χ0) is 24.8. The van der Waals surface area contributed by atoms with Gasteiger partial charge >= 0.3 is 0 Å². The second kappa shape index (κ2) is 11.1. The van der Waals surface area contributed by atoms with E-state index in [1.165, 1.54) is 11.6 Å². The molecule has 6 nitrogen and oxygen atoms in total. The fourth-order valence-electron chi connectivity index (χ4n) is 4.58. The number of carbonyl (C=O) groups excluding carboxylic acids is 1. The molecule has 0 unspecified atom stereocenters. The number of nitrogens with one attached hydrogen (secondary N) is 2. The summed E-state index contributed by atoms with van der Waals surface area (Å²) in [6, 6.07) is 21.2. The number of sulfonamides is 1. The zero-order valence-corrected chi connectivity index (χ0v) is 21.0. The molecule has 35 heavy (non-hydrogen) atoms. The van der Waals surface area contributed by atoms with Crippen molar-refractivity contribution >= 4 is 15.9 Å². The molecule has 0 fully saturated rings. The second-order valence-corrected chi connectivity index (χ2v) is 10.6. The lowest BCUT2D eigenvalue weighted by Crippen LogP contribution is -2.49. The molecule has 0 saturated carbocycles. The first-order valence-corrected chi connectivity index (χ1v) is 13.5. The summed E-state index contributed by atoms with van der Waals surface area (Å²) < 4.78 is 34.8. The van der Waals surface area contributed by atoms with Gasteiger partial charge in [-0.3, -0.25) is 4.79 Å². The van der Waals surface area contributed by atoms with Crippen molar-refractivity contribution < 1.29 is 17.9 Å². The van der Waals surface area contributed by atoms with Gasteiger partial charge in [-0.15, -0.1) is 0 Å². The standard InChI is InChI=1S/C28H32N2O4S/c1-3-34-27-17-16-23(18-20(27)2)35(32,33)30-26(19-21-10-5-4-6-11-21)28(31)29-25-15-9-13-22-12-7-8-14-24(22)25/h4-8,10-12,14,16-18,25-26,30H,3,9,13,15,19H2,1-2H3,(H,29,31)/t25-,26-/m1/s1. The van der Waals surface area contributed by atoms with Crippen LogP contribution in [0.4, 0.5) is 0 Å². The van der Waals surface area contributed by atoms with Gasteiger partial charge in [-0.2, -0.15) is 4.72 Å². The lowest BCUT2D eigenvalue weighted by molar-refractivity contribution is -0.123. The molecule has 0 radical (unpaired) electrons. The molecule has 0 saturated heterocycles. The minimum Gasteiger partial charge on any atom is -0.494 e. The molecule has 0 aliphatic heterocycles. The lowest BCUT2D eigenvalue weighted by Gasteiger charge is -2.28. The van der Waals surface area contributed by atoms with E-state index in [0.29, 0.717) is 12.4 Å².